The SMILES string of the molecule is CC1(C)c2ccccc2-c2cc(C(=O)NCC(=O)N3C[C@H](S(C)(=O)=O)C[C@H]3C(=O)N[C@H](CO)c3cc(C(=N)N)cs3)ccc21. The first-order valence-electron chi connectivity index (χ1n) is 14.1. The van der Waals surface area contributed by atoms with Gasteiger partial charge in [-0.25, -0.2) is 8.42 Å². The number of hydrogen-bond acceptors (Lipinski definition) is 8. The molecule has 2 aromatic carbocycles. The largest absolute Gasteiger partial charge is 0.394 e. The van der Waals surface area contributed by atoms with Gasteiger partial charge >= 0.3 is 0 Å². The van der Waals surface area contributed by atoms with Crippen LogP contribution >= 0.6 is 11.3 Å². The molecule has 13 heteroatoms. The maximum atomic E-state index is 13.4. The fourth-order valence-electron chi connectivity index (χ4n) is 6.00. The molecule has 232 valence electrons. The molecule has 1 aliphatic carbocycles. The van der Waals surface area contributed by atoms with E-state index in [0.29, 0.717) is 16.0 Å². The fraction of sp³-hybridized carbons (Fsp3) is 0.355. The molecule has 6 N–H and O–H groups in total. The molecule has 5 rings (SSSR count). The van der Waals surface area contributed by atoms with Crippen LogP contribution in [0.1, 0.15) is 58.2 Å². The number of rotatable bonds is 9. The number of carbonyl (C=O) groups excluding carboxylic acids is 3. The lowest BCUT2D eigenvalue weighted by atomic mass is 9.82. The minimum atomic E-state index is -3.59. The Bertz CT molecular complexity index is 1770. The zero-order valence-corrected chi connectivity index (χ0v) is 26.2. The molecule has 0 bridgehead atoms. The molecule has 0 unspecified atom stereocenters. The van der Waals surface area contributed by atoms with Crippen molar-refractivity contribution >= 4 is 44.7 Å². The van der Waals surface area contributed by atoms with Gasteiger partial charge in [0.05, 0.1) is 24.4 Å². The average molecular weight is 638 g/mol. The van der Waals surface area contributed by atoms with Crippen molar-refractivity contribution in [2.45, 2.75) is 43.0 Å². The summed E-state index contributed by atoms with van der Waals surface area (Å²) in [5, 5.41) is 23.5. The predicted molar refractivity (Wildman–Crippen MR) is 168 cm³/mol. The maximum absolute atomic E-state index is 13.4. The Balaban J connectivity index is 1.30. The van der Waals surface area contributed by atoms with Crippen LogP contribution < -0.4 is 16.4 Å². The topological polar surface area (TPSA) is 183 Å². The first-order chi connectivity index (χ1) is 20.7. The molecule has 1 aromatic heterocycles. The molecule has 2 heterocycles. The van der Waals surface area contributed by atoms with Gasteiger partial charge in [-0.2, -0.15) is 0 Å². The van der Waals surface area contributed by atoms with Crippen molar-refractivity contribution in [2.75, 3.05) is 26.0 Å². The van der Waals surface area contributed by atoms with Crippen LogP contribution in [0, 0.1) is 5.41 Å². The van der Waals surface area contributed by atoms with Crippen LogP contribution in [0.25, 0.3) is 11.1 Å². The first kappa shape index (κ1) is 31.4. The van der Waals surface area contributed by atoms with Crippen LogP contribution in [0.2, 0.25) is 0 Å². The lowest BCUT2D eigenvalue weighted by Gasteiger charge is -2.26. The van der Waals surface area contributed by atoms with E-state index in [-0.39, 0.29) is 24.2 Å². The lowest BCUT2D eigenvalue weighted by Crippen LogP contribution is -2.49. The second-order valence-corrected chi connectivity index (χ2v) is 15.0. The Morgan fingerprint density at radius 1 is 1.11 bits per heavy atom. The van der Waals surface area contributed by atoms with Gasteiger partial charge in [-0.1, -0.05) is 44.2 Å². The van der Waals surface area contributed by atoms with Gasteiger partial charge in [-0.3, -0.25) is 19.8 Å². The van der Waals surface area contributed by atoms with Crippen molar-refractivity contribution in [2.24, 2.45) is 5.73 Å². The van der Waals surface area contributed by atoms with Crippen LogP contribution in [-0.4, -0.2) is 79.2 Å². The van der Waals surface area contributed by atoms with E-state index in [0.717, 1.165) is 22.9 Å². The number of thiophene rings is 1. The van der Waals surface area contributed by atoms with Crippen molar-refractivity contribution in [3.8, 4) is 11.1 Å². The Morgan fingerprint density at radius 3 is 2.48 bits per heavy atom. The number of sulfone groups is 1. The van der Waals surface area contributed by atoms with Gasteiger partial charge in [0.25, 0.3) is 5.91 Å². The third-order valence-corrected chi connectivity index (χ3v) is 11.1. The second kappa shape index (κ2) is 11.8. The number of aliphatic hydroxyl groups excluding tert-OH is 1. The Labute approximate surface area is 259 Å². The monoisotopic (exact) mass is 637 g/mol. The van der Waals surface area contributed by atoms with Crippen molar-refractivity contribution in [3.63, 3.8) is 0 Å². The number of amides is 3. The smallest absolute Gasteiger partial charge is 0.251 e. The van der Waals surface area contributed by atoms with Gasteiger partial charge in [-0.05, 0) is 46.9 Å². The highest BCUT2D eigenvalue weighted by atomic mass is 32.2. The zero-order valence-electron chi connectivity index (χ0n) is 24.6. The van der Waals surface area contributed by atoms with E-state index in [1.165, 1.54) is 21.8 Å². The Hall–Kier alpha value is -4.07. The molecule has 0 saturated carbocycles. The highest BCUT2D eigenvalue weighted by molar-refractivity contribution is 7.91. The number of fused-ring (bicyclic) bond motifs is 3. The molecule has 3 amide bonds. The zero-order chi connectivity index (χ0) is 32.0. The number of nitrogens with two attached hydrogens (primary N) is 1. The Kier molecular flexibility index (Phi) is 8.40. The Morgan fingerprint density at radius 2 is 1.82 bits per heavy atom. The van der Waals surface area contributed by atoms with Gasteiger partial charge in [0.1, 0.15) is 11.9 Å². The maximum Gasteiger partial charge on any atom is 0.251 e. The molecular formula is C31H35N5O6S2. The van der Waals surface area contributed by atoms with Crippen LogP contribution in [-0.2, 0) is 24.8 Å². The fourth-order valence-corrected chi connectivity index (χ4v) is 7.92. The van der Waals surface area contributed by atoms with E-state index in [1.54, 1.807) is 17.5 Å². The van der Waals surface area contributed by atoms with Gasteiger partial charge in [0, 0.05) is 39.6 Å². The van der Waals surface area contributed by atoms with Crippen LogP contribution in [0.15, 0.2) is 53.9 Å². The van der Waals surface area contributed by atoms with E-state index in [4.69, 9.17) is 11.1 Å². The molecular weight excluding hydrogens is 603 g/mol. The molecule has 2 aliphatic rings. The number of nitrogens with one attached hydrogen (secondary N) is 3. The van der Waals surface area contributed by atoms with Crippen molar-refractivity contribution < 1.29 is 27.9 Å². The summed E-state index contributed by atoms with van der Waals surface area (Å²) in [6.45, 7) is 3.17. The highest BCUT2D eigenvalue weighted by Crippen LogP contribution is 2.48. The van der Waals surface area contributed by atoms with Gasteiger partial charge in [0.2, 0.25) is 11.8 Å². The van der Waals surface area contributed by atoms with Crippen molar-refractivity contribution in [1.29, 1.82) is 5.41 Å². The number of likely N-dealkylation sites (tertiary alicyclic amines) is 1. The van der Waals surface area contributed by atoms with Crippen molar-refractivity contribution in [1.82, 2.24) is 15.5 Å². The summed E-state index contributed by atoms with van der Waals surface area (Å²) in [5.41, 5.74) is 10.4. The van der Waals surface area contributed by atoms with E-state index in [1.807, 2.05) is 30.3 Å². The predicted octanol–water partition coefficient (Wildman–Crippen LogP) is 1.93. The molecule has 0 spiro atoms. The van der Waals surface area contributed by atoms with E-state index in [2.05, 4.69) is 30.5 Å². The molecule has 44 heavy (non-hydrogen) atoms. The summed E-state index contributed by atoms with van der Waals surface area (Å²) in [5.74, 6) is -1.86. The number of nitrogen functional groups attached to an aromatic ring is 1. The number of amidine groups is 1. The quantitative estimate of drug-likeness (QED) is 0.175. The van der Waals surface area contributed by atoms with E-state index in [9.17, 15) is 27.9 Å². The number of carbonyl (C=O) groups is 3. The first-order valence-corrected chi connectivity index (χ1v) is 16.9. The summed E-state index contributed by atoms with van der Waals surface area (Å²) in [7, 11) is -3.59. The summed E-state index contributed by atoms with van der Waals surface area (Å²) >= 11 is 1.20. The molecule has 3 atom stereocenters. The van der Waals surface area contributed by atoms with Crippen LogP contribution in [0.4, 0.5) is 0 Å². The third kappa shape index (κ3) is 5.86. The number of aliphatic hydroxyl groups is 1. The average Bonchev–Trinajstić information content (AvgIpc) is 3.71. The third-order valence-electron chi connectivity index (χ3n) is 8.51. The highest BCUT2D eigenvalue weighted by Gasteiger charge is 2.44. The second-order valence-electron chi connectivity index (χ2n) is 11.8. The summed E-state index contributed by atoms with van der Waals surface area (Å²) in [6.07, 6.45) is 0.937. The number of nitrogens with zero attached hydrogens (tertiary/aromatic N) is 1. The van der Waals surface area contributed by atoms with Gasteiger partial charge in [0.15, 0.2) is 9.84 Å². The minimum absolute atomic E-state index is 0.119. The van der Waals surface area contributed by atoms with Gasteiger partial charge < -0.3 is 26.4 Å². The van der Waals surface area contributed by atoms with E-state index < -0.39 is 58.0 Å². The van der Waals surface area contributed by atoms with E-state index >= 15 is 0 Å². The standard InChI is InChI=1S/C31H35N5O6S2/c1-31(2)22-7-5-4-6-20(22)21-10-17(8-9-23(21)31)29(39)34-13-27(38)36-14-19(44(3,41)42)12-25(36)30(40)35-24(15-37)26-11-18(16-43-26)28(32)33/h4-11,16,19,24-25,37H,12-15H2,1-3H3,(H3,32,33)(H,34,39)(H,35,40)/t19-,24-,25+/m1/s1. The minimum Gasteiger partial charge on any atom is -0.394 e. The van der Waals surface area contributed by atoms with Gasteiger partial charge in [-0.15, -0.1) is 11.3 Å². The van der Waals surface area contributed by atoms with Crippen molar-refractivity contribution in [3.05, 3.63) is 81.0 Å². The summed E-state index contributed by atoms with van der Waals surface area (Å²) in [6, 6.07) is 13.1. The lowest BCUT2D eigenvalue weighted by molar-refractivity contribution is -0.138. The molecule has 11 nitrogen and oxygen atoms in total. The molecule has 3 aromatic rings. The molecule has 0 radical (unpaired) electrons. The van der Waals surface area contributed by atoms with Crippen LogP contribution in [0.5, 0.6) is 0 Å². The number of hydrogen-bond donors (Lipinski definition) is 5. The van der Waals surface area contributed by atoms with Crippen LogP contribution in [0.3, 0.4) is 0 Å². The molecule has 1 saturated heterocycles. The summed E-state index contributed by atoms with van der Waals surface area (Å²) in [4.78, 5) is 41.6. The number of benzene rings is 2. The molecule has 1 fully saturated rings. The molecule has 1 aliphatic heterocycles. The normalized spacial score (nSPS) is 19.1. The summed E-state index contributed by atoms with van der Waals surface area (Å²) < 4.78 is 24.8.